The predicted molar refractivity (Wildman–Crippen MR) is 148 cm³/mol. The van der Waals surface area contributed by atoms with Gasteiger partial charge in [-0.1, -0.05) is 78.1 Å². The van der Waals surface area contributed by atoms with E-state index in [9.17, 15) is 16.8 Å². The van der Waals surface area contributed by atoms with Gasteiger partial charge in [-0.15, -0.1) is 0 Å². The van der Waals surface area contributed by atoms with Gasteiger partial charge in [0, 0.05) is 13.1 Å². The van der Waals surface area contributed by atoms with Crippen LogP contribution in [0.3, 0.4) is 0 Å². The summed E-state index contributed by atoms with van der Waals surface area (Å²) in [4.78, 5) is 1.98. The monoisotopic (exact) mass is 581 g/mol. The Morgan fingerprint density at radius 3 is 1.63 bits per heavy atom. The quantitative estimate of drug-likeness (QED) is 0.210. The molecule has 3 aliphatic rings. The molecule has 0 radical (unpaired) electrons. The van der Waals surface area contributed by atoms with Gasteiger partial charge in [0.15, 0.2) is 0 Å². The first-order valence-corrected chi connectivity index (χ1v) is 17.9. The first-order valence-electron chi connectivity index (χ1n) is 14.6. The van der Waals surface area contributed by atoms with E-state index in [-0.39, 0.29) is 30.8 Å². The van der Waals surface area contributed by atoms with E-state index in [1.165, 1.54) is 12.8 Å². The molecule has 5 atom stereocenters. The number of hydrogen-bond acceptors (Lipinski definition) is 8. The molecule has 3 heterocycles. The highest BCUT2D eigenvalue weighted by Crippen LogP contribution is 2.48. The lowest BCUT2D eigenvalue weighted by atomic mass is 10.1. The van der Waals surface area contributed by atoms with Crippen LogP contribution in [0.2, 0.25) is 0 Å². The third-order valence-electron chi connectivity index (χ3n) is 7.92. The van der Waals surface area contributed by atoms with Crippen LogP contribution in [0.4, 0.5) is 0 Å². The second-order valence-electron chi connectivity index (χ2n) is 11.6. The summed E-state index contributed by atoms with van der Waals surface area (Å²) in [5.41, 5.74) is -1.84. The van der Waals surface area contributed by atoms with Gasteiger partial charge >= 0.3 is 0 Å². The molecule has 0 bridgehead atoms. The van der Waals surface area contributed by atoms with Gasteiger partial charge in [-0.05, 0) is 26.7 Å². The maximum Gasteiger partial charge on any atom is 0.211 e. The first-order chi connectivity index (χ1) is 18.0. The van der Waals surface area contributed by atoms with Crippen LogP contribution in [0, 0.1) is 0 Å². The highest BCUT2D eigenvalue weighted by atomic mass is 32.2. The van der Waals surface area contributed by atoms with Crippen LogP contribution in [0.1, 0.15) is 105 Å². The van der Waals surface area contributed by atoms with E-state index >= 15 is 0 Å². The standard InChI is InChI=1S/C26H51N3O7S2/c1-5-7-9-11-13-15-17-37(30,31)27-20-25(3)23-29-22(19-34-23)35-26(4,24(29)36-25)21-28-38(32,33)18-16-14-12-10-8-6-2/h22-24,27-28H,5-21H2,1-4H3/t22-,23-,24-,25+,26+/m1/s1. The second-order valence-corrected chi connectivity index (χ2v) is 15.5. The Labute approximate surface area is 231 Å². The minimum Gasteiger partial charge on any atom is -0.356 e. The predicted octanol–water partition coefficient (Wildman–Crippen LogP) is 3.43. The van der Waals surface area contributed by atoms with Crippen LogP contribution in [0.5, 0.6) is 0 Å². The van der Waals surface area contributed by atoms with Crippen molar-refractivity contribution in [2.24, 2.45) is 0 Å². The molecule has 3 saturated heterocycles. The molecule has 0 aromatic carbocycles. The zero-order chi connectivity index (χ0) is 27.9. The fourth-order valence-electron chi connectivity index (χ4n) is 5.59. The topological polar surface area (TPSA) is 123 Å². The van der Waals surface area contributed by atoms with Crippen LogP contribution < -0.4 is 9.44 Å². The van der Waals surface area contributed by atoms with Crippen LogP contribution in [0.15, 0.2) is 0 Å². The Kier molecular flexibility index (Phi) is 11.9. The van der Waals surface area contributed by atoms with Crippen LogP contribution in [0.25, 0.3) is 0 Å². The lowest BCUT2D eigenvalue weighted by Crippen LogP contribution is -2.51. The van der Waals surface area contributed by atoms with Gasteiger partial charge < -0.3 is 14.2 Å². The highest BCUT2D eigenvalue weighted by Gasteiger charge is 2.67. The van der Waals surface area contributed by atoms with Crippen molar-refractivity contribution in [3.05, 3.63) is 0 Å². The lowest BCUT2D eigenvalue weighted by Gasteiger charge is -2.32. The molecule has 0 spiro atoms. The maximum absolute atomic E-state index is 12.6. The molecule has 0 saturated carbocycles. The second kappa shape index (κ2) is 14.0. The Bertz CT molecular complexity index is 898. The average molecular weight is 582 g/mol. The third-order valence-corrected chi connectivity index (χ3v) is 10.7. The molecule has 2 N–H and O–H groups in total. The van der Waals surface area contributed by atoms with Crippen molar-refractivity contribution >= 4 is 20.0 Å². The Hall–Kier alpha value is -0.340. The minimum absolute atomic E-state index is 0.0788. The number of ether oxygens (including phenoxy) is 3. The zero-order valence-electron chi connectivity index (χ0n) is 23.9. The number of sulfonamides is 2. The average Bonchev–Trinajstić information content (AvgIpc) is 3.49. The first kappa shape index (κ1) is 32.2. The fourth-order valence-corrected chi connectivity index (χ4v) is 8.06. The smallest absolute Gasteiger partial charge is 0.211 e. The molecule has 3 fully saturated rings. The summed E-state index contributed by atoms with van der Waals surface area (Å²) in [7, 11) is -6.89. The van der Waals surface area contributed by atoms with Crippen molar-refractivity contribution in [1.29, 1.82) is 0 Å². The SMILES string of the molecule is CCCCCCCCS(=O)(=O)NC[C@]1(C)O[C@@H]2CO[C@H]3N2[C@@H]1O[C@@]3(C)CNS(=O)(=O)CCCCCCCC. The summed E-state index contributed by atoms with van der Waals surface area (Å²) < 4.78 is 74.6. The van der Waals surface area contributed by atoms with Gasteiger partial charge in [0.05, 0.1) is 18.1 Å². The normalized spacial score (nSPS) is 31.3. The zero-order valence-corrected chi connectivity index (χ0v) is 25.5. The molecule has 0 unspecified atom stereocenters. The Balaban J connectivity index is 1.50. The largest absolute Gasteiger partial charge is 0.356 e. The summed E-state index contributed by atoms with van der Waals surface area (Å²) in [5, 5.41) is 0. The Morgan fingerprint density at radius 1 is 0.684 bits per heavy atom. The number of hydrogen-bond donors (Lipinski definition) is 2. The van der Waals surface area contributed by atoms with Crippen LogP contribution >= 0.6 is 0 Å². The van der Waals surface area contributed by atoms with E-state index in [0.29, 0.717) is 19.4 Å². The van der Waals surface area contributed by atoms with Crippen molar-refractivity contribution in [3.8, 4) is 0 Å². The summed E-state index contributed by atoms with van der Waals surface area (Å²) in [5.74, 6) is 0.190. The van der Waals surface area contributed by atoms with E-state index in [1.807, 2.05) is 18.7 Å². The number of nitrogens with zero attached hydrogens (tertiary/aromatic N) is 1. The van der Waals surface area contributed by atoms with Gasteiger partial charge in [-0.2, -0.15) is 0 Å². The molecule has 38 heavy (non-hydrogen) atoms. The van der Waals surface area contributed by atoms with Crippen LogP contribution in [-0.2, 0) is 34.3 Å². The fraction of sp³-hybridized carbons (Fsp3) is 1.00. The molecule has 10 nitrogen and oxygen atoms in total. The summed E-state index contributed by atoms with van der Waals surface area (Å²) in [6, 6.07) is 0. The Morgan fingerprint density at radius 2 is 1.13 bits per heavy atom. The van der Waals surface area contributed by atoms with Crippen molar-refractivity contribution in [2.75, 3.05) is 31.2 Å². The highest BCUT2D eigenvalue weighted by molar-refractivity contribution is 7.89. The van der Waals surface area contributed by atoms with Gasteiger partial charge in [0.2, 0.25) is 20.0 Å². The molecule has 0 aromatic rings. The molecule has 12 heteroatoms. The minimum atomic E-state index is -3.44. The lowest BCUT2D eigenvalue weighted by molar-refractivity contribution is -0.125. The van der Waals surface area contributed by atoms with E-state index in [4.69, 9.17) is 14.2 Å². The number of nitrogens with one attached hydrogen (secondary N) is 2. The molecular weight excluding hydrogens is 530 g/mol. The van der Waals surface area contributed by atoms with Gasteiger partial charge in [0.1, 0.15) is 29.9 Å². The summed E-state index contributed by atoms with van der Waals surface area (Å²) in [6.07, 6.45) is 10.8. The third kappa shape index (κ3) is 8.58. The van der Waals surface area contributed by atoms with E-state index < -0.39 is 43.7 Å². The molecule has 0 aliphatic carbocycles. The van der Waals surface area contributed by atoms with Gasteiger partial charge in [-0.25, -0.2) is 31.2 Å². The maximum atomic E-state index is 12.6. The van der Waals surface area contributed by atoms with E-state index in [1.54, 1.807) is 0 Å². The molecule has 0 amide bonds. The molecule has 224 valence electrons. The van der Waals surface area contributed by atoms with Crippen molar-refractivity contribution in [2.45, 2.75) is 135 Å². The molecule has 3 aliphatic heterocycles. The van der Waals surface area contributed by atoms with Crippen LogP contribution in [-0.4, -0.2) is 82.8 Å². The van der Waals surface area contributed by atoms with Crippen molar-refractivity contribution in [1.82, 2.24) is 14.3 Å². The van der Waals surface area contributed by atoms with Gasteiger partial charge in [-0.3, -0.25) is 0 Å². The summed E-state index contributed by atoms with van der Waals surface area (Å²) >= 11 is 0. The van der Waals surface area contributed by atoms with Crippen molar-refractivity contribution < 1.29 is 31.0 Å². The molecular formula is C26H51N3O7S2. The van der Waals surface area contributed by atoms with Crippen molar-refractivity contribution in [3.63, 3.8) is 0 Å². The number of unbranched alkanes of at least 4 members (excludes halogenated alkanes) is 10. The molecule has 0 aromatic heterocycles. The summed E-state index contributed by atoms with van der Waals surface area (Å²) in [6.45, 7) is 8.48. The molecule has 3 rings (SSSR count). The van der Waals surface area contributed by atoms with Gasteiger partial charge in [0.25, 0.3) is 0 Å². The van der Waals surface area contributed by atoms with E-state index in [0.717, 1.165) is 51.4 Å². The van der Waals surface area contributed by atoms with E-state index in [2.05, 4.69) is 23.3 Å². The number of rotatable bonds is 20.